The van der Waals surface area contributed by atoms with Crippen LogP contribution < -0.4 is 14.9 Å². The Kier molecular flexibility index (Phi) is 11.4. The van der Waals surface area contributed by atoms with Gasteiger partial charge in [-0.1, -0.05) is 172 Å². The first-order valence-corrected chi connectivity index (χ1v) is 18.0. The van der Waals surface area contributed by atoms with Crippen molar-refractivity contribution in [3.05, 3.63) is 150 Å². The fraction of sp³-hybridized carbons (Fsp3) is 0.304. The van der Waals surface area contributed by atoms with Gasteiger partial charge in [0.15, 0.2) is 0 Å². The van der Waals surface area contributed by atoms with Crippen LogP contribution >= 0.6 is 0 Å². The van der Waals surface area contributed by atoms with Crippen molar-refractivity contribution in [1.29, 1.82) is 0 Å². The van der Waals surface area contributed by atoms with Crippen LogP contribution in [-0.4, -0.2) is 5.84 Å². The molecular formula is C46H52AuN4-2. The van der Waals surface area contributed by atoms with Gasteiger partial charge < -0.3 is 14.9 Å². The molecule has 0 N–H and O–H groups in total. The summed E-state index contributed by atoms with van der Waals surface area (Å²) in [6, 6.07) is 40.8. The summed E-state index contributed by atoms with van der Waals surface area (Å²) in [7, 11) is 0. The number of hydrazone groups is 1. The Morgan fingerprint density at radius 2 is 1.06 bits per heavy atom. The van der Waals surface area contributed by atoms with Gasteiger partial charge in [-0.15, -0.1) is 17.7 Å². The molecule has 0 spiro atoms. The average Bonchev–Trinajstić information content (AvgIpc) is 3.70. The van der Waals surface area contributed by atoms with Crippen LogP contribution in [0.1, 0.15) is 109 Å². The molecule has 4 nitrogen and oxygen atoms in total. The smallest absolute Gasteiger partial charge is 0.129 e. The van der Waals surface area contributed by atoms with Crippen molar-refractivity contribution in [2.75, 3.05) is 9.91 Å². The van der Waals surface area contributed by atoms with Gasteiger partial charge in [0, 0.05) is 39.3 Å². The molecule has 0 atom stereocenters. The Morgan fingerprint density at radius 1 is 0.588 bits per heavy atom. The molecule has 1 aliphatic rings. The molecule has 0 aliphatic carbocycles. The van der Waals surface area contributed by atoms with E-state index in [2.05, 4.69) is 194 Å². The summed E-state index contributed by atoms with van der Waals surface area (Å²) >= 11 is 0. The molecule has 5 aromatic carbocycles. The normalized spacial score (nSPS) is 13.5. The van der Waals surface area contributed by atoms with Crippen molar-refractivity contribution in [1.82, 2.24) is 4.98 Å². The van der Waals surface area contributed by atoms with Gasteiger partial charge in [0.05, 0.1) is 0 Å². The minimum atomic E-state index is 0. The van der Waals surface area contributed by atoms with Gasteiger partial charge in [-0.05, 0) is 67.8 Å². The zero-order valence-corrected chi connectivity index (χ0v) is 34.0. The van der Waals surface area contributed by atoms with E-state index in [1.807, 2.05) is 12.1 Å². The van der Waals surface area contributed by atoms with Gasteiger partial charge in [0.1, 0.15) is 5.84 Å². The van der Waals surface area contributed by atoms with E-state index in [4.69, 9.17) is 5.10 Å². The fourth-order valence-corrected chi connectivity index (χ4v) is 6.54. The predicted octanol–water partition coefficient (Wildman–Crippen LogP) is 12.3. The molecule has 1 radical (unpaired) electrons. The quantitative estimate of drug-likeness (QED) is 0.128. The summed E-state index contributed by atoms with van der Waals surface area (Å²) in [4.78, 5) is 6.79. The molecular weight excluding hydrogens is 806 g/mol. The minimum absolute atomic E-state index is 0. The Balaban J connectivity index is 0.000000298. The number of nitrogens with zero attached hydrogens (tertiary/aromatic N) is 4. The number of para-hydroxylation sites is 3. The number of aromatic nitrogens is 1. The molecule has 5 heteroatoms. The van der Waals surface area contributed by atoms with Gasteiger partial charge in [0.25, 0.3) is 0 Å². The zero-order chi connectivity index (χ0) is 35.8. The summed E-state index contributed by atoms with van der Waals surface area (Å²) in [6.45, 7) is 25.0. The third-order valence-electron chi connectivity index (χ3n) is 9.53. The average molecular weight is 858 g/mol. The molecule has 0 amide bonds. The van der Waals surface area contributed by atoms with E-state index >= 15 is 0 Å². The molecule has 0 bridgehead atoms. The van der Waals surface area contributed by atoms with Crippen molar-refractivity contribution in [2.45, 2.75) is 91.9 Å². The van der Waals surface area contributed by atoms with E-state index < -0.39 is 0 Å². The molecule has 0 saturated heterocycles. The second-order valence-electron chi connectivity index (χ2n) is 16.1. The predicted molar refractivity (Wildman–Crippen MR) is 215 cm³/mol. The van der Waals surface area contributed by atoms with E-state index in [0.717, 1.165) is 28.1 Å². The van der Waals surface area contributed by atoms with Gasteiger partial charge in [0.2, 0.25) is 0 Å². The van der Waals surface area contributed by atoms with Gasteiger partial charge in [-0.3, -0.25) is 0 Å². The summed E-state index contributed by atoms with van der Waals surface area (Å²) in [5.74, 6) is 1.73. The number of hydrogen-bond donors (Lipinski definition) is 0. The summed E-state index contributed by atoms with van der Waals surface area (Å²) in [5, 5.41) is 9.89. The first-order valence-electron chi connectivity index (χ1n) is 18.0. The van der Waals surface area contributed by atoms with Crippen LogP contribution in [-0.2, 0) is 33.2 Å². The summed E-state index contributed by atoms with van der Waals surface area (Å²) < 4.78 is 0. The number of fused-ring (bicyclic) bond motifs is 3. The van der Waals surface area contributed by atoms with E-state index in [1.165, 1.54) is 38.7 Å². The summed E-state index contributed by atoms with van der Waals surface area (Å²) in [6.07, 6.45) is 0. The zero-order valence-electron chi connectivity index (χ0n) is 31.8. The van der Waals surface area contributed by atoms with Crippen molar-refractivity contribution < 1.29 is 22.4 Å². The van der Waals surface area contributed by atoms with Gasteiger partial charge in [-0.2, -0.15) is 5.10 Å². The number of hydrogen-bond acceptors (Lipinski definition) is 3. The van der Waals surface area contributed by atoms with E-state index in [1.54, 1.807) is 0 Å². The van der Waals surface area contributed by atoms with Gasteiger partial charge >= 0.3 is 0 Å². The van der Waals surface area contributed by atoms with Crippen LogP contribution in [0.25, 0.3) is 21.8 Å². The standard InChI is InChI=1S/C34H44N3.C12H8N.Au/c1-23(2)29-17-14-18-30(24(3)4)31(29)37-22-36(32(35-37)25-15-12-11-13-16-25)28-20-26(33(5,6)7)19-27(21-28)34(8,9)10;1-3-7-11-9(5-1)10-6-2-4-8-12(10)13-11;/h11-24H,1-10H3;1-8H;/q2*-1;. The number of benzene rings is 5. The molecule has 6 aromatic rings. The molecule has 2 heterocycles. The minimum Gasteiger partial charge on any atom is -0.657 e. The van der Waals surface area contributed by atoms with Crippen LogP contribution in [0.2, 0.25) is 0 Å². The SMILES string of the molecule is CC(C)c1cccc(C(C)C)c1N1[CH-]N(c2cc(C(C)(C)C)cc(C(C)(C)C)c2)C(c2ccccc2)=N1.[Au].c1ccc2c(c1)[n-]c1ccccc12. The second-order valence-corrected chi connectivity index (χ2v) is 16.1. The van der Waals surface area contributed by atoms with Crippen LogP contribution in [0.4, 0.5) is 11.4 Å². The molecule has 1 aliphatic heterocycles. The molecule has 0 fully saturated rings. The second kappa shape index (κ2) is 15.3. The van der Waals surface area contributed by atoms with Crippen LogP contribution in [0.5, 0.6) is 0 Å². The van der Waals surface area contributed by atoms with Crippen molar-refractivity contribution in [3.63, 3.8) is 0 Å². The Morgan fingerprint density at radius 3 is 1.53 bits per heavy atom. The third kappa shape index (κ3) is 8.20. The molecule has 1 aromatic heterocycles. The van der Waals surface area contributed by atoms with E-state index in [0.29, 0.717) is 11.8 Å². The van der Waals surface area contributed by atoms with Crippen molar-refractivity contribution in [2.24, 2.45) is 5.10 Å². The maximum Gasteiger partial charge on any atom is 0.129 e. The van der Waals surface area contributed by atoms with Crippen molar-refractivity contribution in [3.8, 4) is 0 Å². The largest absolute Gasteiger partial charge is 0.657 e. The maximum atomic E-state index is 5.28. The first-order chi connectivity index (χ1) is 23.7. The Bertz CT molecular complexity index is 2020. The Hall–Kier alpha value is -4.09. The molecule has 269 valence electrons. The third-order valence-corrected chi connectivity index (χ3v) is 9.53. The number of anilines is 2. The molecule has 7 rings (SSSR count). The maximum absolute atomic E-state index is 5.28. The first kappa shape index (κ1) is 38.1. The molecule has 51 heavy (non-hydrogen) atoms. The van der Waals surface area contributed by atoms with Crippen LogP contribution in [0.15, 0.2) is 120 Å². The topological polar surface area (TPSA) is 32.9 Å². The van der Waals surface area contributed by atoms with E-state index in [9.17, 15) is 0 Å². The fourth-order valence-electron chi connectivity index (χ4n) is 6.54. The monoisotopic (exact) mass is 857 g/mol. The molecule has 0 saturated carbocycles. The summed E-state index contributed by atoms with van der Waals surface area (Å²) in [5.41, 5.74) is 11.0. The van der Waals surface area contributed by atoms with Crippen LogP contribution in [0, 0.1) is 6.67 Å². The van der Waals surface area contributed by atoms with Gasteiger partial charge in [-0.25, -0.2) is 0 Å². The number of amidine groups is 1. The molecule has 0 unspecified atom stereocenters. The van der Waals surface area contributed by atoms with E-state index in [-0.39, 0.29) is 33.2 Å². The number of rotatable bonds is 5. The van der Waals surface area contributed by atoms with Crippen molar-refractivity contribution >= 4 is 39.0 Å². The van der Waals surface area contributed by atoms with Crippen LogP contribution in [0.3, 0.4) is 0 Å². The Labute approximate surface area is 321 Å².